The molecule has 0 atom stereocenters. The minimum absolute atomic E-state index is 0.117. The molecule has 0 fully saturated rings. The Hall–Kier alpha value is -2.53. The Labute approximate surface area is 137 Å². The van der Waals surface area contributed by atoms with E-state index in [4.69, 9.17) is 0 Å². The van der Waals surface area contributed by atoms with E-state index in [0.717, 1.165) is 11.1 Å². The lowest BCUT2D eigenvalue weighted by molar-refractivity contribution is -0.115. The number of aromatic nitrogens is 1. The van der Waals surface area contributed by atoms with Crippen molar-refractivity contribution >= 4 is 22.4 Å². The SMILES string of the molecule is Cc1ccc(CC(=O)Nc2nc(-c3cccc(F)c3)cs2)cc1. The standard InChI is InChI=1S/C18H15FN2OS/c1-12-5-7-13(8-6-12)9-17(22)21-18-20-16(11-23-18)14-3-2-4-15(19)10-14/h2-8,10-11H,9H2,1H3,(H,20,21,22). The summed E-state index contributed by atoms with van der Waals surface area (Å²) < 4.78 is 13.2. The van der Waals surface area contributed by atoms with Gasteiger partial charge in [-0.3, -0.25) is 4.79 Å². The smallest absolute Gasteiger partial charge is 0.230 e. The Kier molecular flexibility index (Phi) is 4.48. The van der Waals surface area contributed by atoms with Gasteiger partial charge in [-0.25, -0.2) is 9.37 Å². The Bertz CT molecular complexity index is 827. The third-order valence-electron chi connectivity index (χ3n) is 3.36. The zero-order valence-electron chi connectivity index (χ0n) is 12.5. The molecule has 0 radical (unpaired) electrons. The fraction of sp³-hybridized carbons (Fsp3) is 0.111. The number of nitrogens with zero attached hydrogens (tertiary/aromatic N) is 1. The van der Waals surface area contributed by atoms with Crippen LogP contribution in [0.25, 0.3) is 11.3 Å². The topological polar surface area (TPSA) is 42.0 Å². The highest BCUT2D eigenvalue weighted by Crippen LogP contribution is 2.25. The van der Waals surface area contributed by atoms with Crippen LogP contribution in [0.4, 0.5) is 9.52 Å². The number of hydrogen-bond acceptors (Lipinski definition) is 3. The first kappa shape index (κ1) is 15.4. The maximum absolute atomic E-state index is 13.2. The molecule has 116 valence electrons. The Morgan fingerprint density at radius 3 is 2.74 bits per heavy atom. The van der Waals surface area contributed by atoms with Crippen molar-refractivity contribution in [2.75, 3.05) is 5.32 Å². The van der Waals surface area contributed by atoms with Crippen LogP contribution in [0.5, 0.6) is 0 Å². The summed E-state index contributed by atoms with van der Waals surface area (Å²) in [6.45, 7) is 2.01. The van der Waals surface area contributed by atoms with E-state index >= 15 is 0 Å². The van der Waals surface area contributed by atoms with Gasteiger partial charge in [0.05, 0.1) is 12.1 Å². The summed E-state index contributed by atoms with van der Waals surface area (Å²) >= 11 is 1.33. The van der Waals surface area contributed by atoms with Crippen LogP contribution in [0, 0.1) is 12.7 Å². The molecular formula is C18H15FN2OS. The van der Waals surface area contributed by atoms with Gasteiger partial charge in [0.2, 0.25) is 5.91 Å². The number of hydrogen-bond donors (Lipinski definition) is 1. The highest BCUT2D eigenvalue weighted by atomic mass is 32.1. The summed E-state index contributed by atoms with van der Waals surface area (Å²) in [4.78, 5) is 16.4. The van der Waals surface area contributed by atoms with Crippen LogP contribution in [0.15, 0.2) is 53.9 Å². The molecule has 0 unspecified atom stereocenters. The van der Waals surface area contributed by atoms with Gasteiger partial charge in [-0.15, -0.1) is 11.3 Å². The van der Waals surface area contributed by atoms with Crippen LogP contribution in [0.3, 0.4) is 0 Å². The van der Waals surface area contributed by atoms with Crippen molar-refractivity contribution in [3.05, 3.63) is 70.9 Å². The van der Waals surface area contributed by atoms with Crippen LogP contribution < -0.4 is 5.32 Å². The number of nitrogens with one attached hydrogen (secondary N) is 1. The van der Waals surface area contributed by atoms with E-state index in [2.05, 4.69) is 10.3 Å². The van der Waals surface area contributed by atoms with Gasteiger partial charge in [0.15, 0.2) is 5.13 Å². The fourth-order valence-electron chi connectivity index (χ4n) is 2.17. The van der Waals surface area contributed by atoms with Crippen molar-refractivity contribution in [1.82, 2.24) is 4.98 Å². The molecule has 1 heterocycles. The van der Waals surface area contributed by atoms with Crippen molar-refractivity contribution in [3.8, 4) is 11.3 Å². The predicted molar refractivity (Wildman–Crippen MR) is 91.0 cm³/mol. The van der Waals surface area contributed by atoms with E-state index in [0.29, 0.717) is 22.8 Å². The molecule has 0 aliphatic heterocycles. The van der Waals surface area contributed by atoms with Crippen molar-refractivity contribution in [3.63, 3.8) is 0 Å². The molecular weight excluding hydrogens is 311 g/mol. The lowest BCUT2D eigenvalue weighted by Crippen LogP contribution is -2.14. The van der Waals surface area contributed by atoms with E-state index in [1.807, 2.05) is 31.2 Å². The minimum Gasteiger partial charge on any atom is -0.302 e. The molecule has 0 bridgehead atoms. The van der Waals surface area contributed by atoms with Crippen LogP contribution in [0.1, 0.15) is 11.1 Å². The normalized spacial score (nSPS) is 10.5. The molecule has 1 aromatic heterocycles. The van der Waals surface area contributed by atoms with E-state index in [1.54, 1.807) is 17.5 Å². The third kappa shape index (κ3) is 4.02. The molecule has 0 spiro atoms. The second-order valence-corrected chi connectivity index (χ2v) is 6.12. The van der Waals surface area contributed by atoms with Gasteiger partial charge in [-0.2, -0.15) is 0 Å². The number of anilines is 1. The van der Waals surface area contributed by atoms with Gasteiger partial charge in [0.1, 0.15) is 5.82 Å². The lowest BCUT2D eigenvalue weighted by Gasteiger charge is -2.02. The first-order valence-corrected chi connectivity index (χ1v) is 8.05. The van der Waals surface area contributed by atoms with Gasteiger partial charge in [-0.1, -0.05) is 42.0 Å². The van der Waals surface area contributed by atoms with Crippen molar-refractivity contribution in [2.45, 2.75) is 13.3 Å². The molecule has 5 heteroatoms. The predicted octanol–water partition coefficient (Wildman–Crippen LogP) is 4.44. The number of carbonyl (C=O) groups is 1. The molecule has 3 nitrogen and oxygen atoms in total. The molecule has 3 rings (SSSR count). The number of thiazole rings is 1. The fourth-order valence-corrected chi connectivity index (χ4v) is 2.90. The molecule has 2 aromatic carbocycles. The average molecular weight is 326 g/mol. The van der Waals surface area contributed by atoms with Gasteiger partial charge in [-0.05, 0) is 24.6 Å². The second-order valence-electron chi connectivity index (χ2n) is 5.26. The van der Waals surface area contributed by atoms with E-state index < -0.39 is 0 Å². The molecule has 23 heavy (non-hydrogen) atoms. The van der Waals surface area contributed by atoms with Gasteiger partial charge < -0.3 is 5.32 Å². The molecule has 1 amide bonds. The maximum Gasteiger partial charge on any atom is 0.230 e. The monoisotopic (exact) mass is 326 g/mol. The minimum atomic E-state index is -0.305. The molecule has 1 N–H and O–H groups in total. The van der Waals surface area contributed by atoms with Crippen molar-refractivity contribution in [1.29, 1.82) is 0 Å². The highest BCUT2D eigenvalue weighted by molar-refractivity contribution is 7.14. The molecule has 0 aliphatic rings. The second kappa shape index (κ2) is 6.71. The number of halogens is 1. The Morgan fingerprint density at radius 1 is 1.22 bits per heavy atom. The molecule has 0 aliphatic carbocycles. The first-order chi connectivity index (χ1) is 11.1. The summed E-state index contributed by atoms with van der Waals surface area (Å²) in [5, 5.41) is 5.10. The van der Waals surface area contributed by atoms with E-state index in [9.17, 15) is 9.18 Å². The van der Waals surface area contributed by atoms with Crippen LogP contribution in [0.2, 0.25) is 0 Å². The van der Waals surface area contributed by atoms with E-state index in [-0.39, 0.29) is 11.7 Å². The summed E-state index contributed by atoms with van der Waals surface area (Å²) in [5.74, 6) is -0.422. The number of carbonyl (C=O) groups excluding carboxylic acids is 1. The van der Waals surface area contributed by atoms with Gasteiger partial charge >= 0.3 is 0 Å². The maximum atomic E-state index is 13.2. The highest BCUT2D eigenvalue weighted by Gasteiger charge is 2.09. The van der Waals surface area contributed by atoms with Crippen LogP contribution in [-0.4, -0.2) is 10.9 Å². The summed E-state index contributed by atoms with van der Waals surface area (Å²) in [6, 6.07) is 14.1. The summed E-state index contributed by atoms with van der Waals surface area (Å²) in [7, 11) is 0. The van der Waals surface area contributed by atoms with Gasteiger partial charge in [0, 0.05) is 10.9 Å². The van der Waals surface area contributed by atoms with Crippen LogP contribution in [-0.2, 0) is 11.2 Å². The number of amides is 1. The average Bonchev–Trinajstić information content (AvgIpc) is 2.98. The van der Waals surface area contributed by atoms with Crippen molar-refractivity contribution < 1.29 is 9.18 Å². The molecule has 3 aromatic rings. The quantitative estimate of drug-likeness (QED) is 0.770. The van der Waals surface area contributed by atoms with Crippen molar-refractivity contribution in [2.24, 2.45) is 0 Å². The Morgan fingerprint density at radius 2 is 2.00 bits per heavy atom. The first-order valence-electron chi connectivity index (χ1n) is 7.17. The number of aryl methyl sites for hydroxylation is 1. The zero-order chi connectivity index (χ0) is 16.2. The molecule has 0 saturated heterocycles. The third-order valence-corrected chi connectivity index (χ3v) is 4.11. The summed E-state index contributed by atoms with van der Waals surface area (Å²) in [6.07, 6.45) is 0.301. The number of benzene rings is 2. The number of rotatable bonds is 4. The largest absolute Gasteiger partial charge is 0.302 e. The summed E-state index contributed by atoms with van der Waals surface area (Å²) in [5.41, 5.74) is 3.46. The van der Waals surface area contributed by atoms with Gasteiger partial charge in [0.25, 0.3) is 0 Å². The lowest BCUT2D eigenvalue weighted by atomic mass is 10.1. The van der Waals surface area contributed by atoms with Crippen LogP contribution >= 0.6 is 11.3 Å². The zero-order valence-corrected chi connectivity index (χ0v) is 13.4. The Balaban J connectivity index is 1.66. The van der Waals surface area contributed by atoms with E-state index in [1.165, 1.54) is 23.5 Å². The molecule has 0 saturated carbocycles.